The van der Waals surface area contributed by atoms with E-state index in [4.69, 9.17) is 4.74 Å². The van der Waals surface area contributed by atoms with Crippen LogP contribution in [0.5, 0.6) is 0 Å². The minimum atomic E-state index is -0.245. The van der Waals surface area contributed by atoms with Gasteiger partial charge in [0, 0.05) is 19.3 Å². The molecular formula is C11H15BrFNO. The number of hydrogen-bond donors (Lipinski definition) is 1. The Bertz CT molecular complexity index is 319. The third-order valence-corrected chi connectivity index (χ3v) is 2.63. The summed E-state index contributed by atoms with van der Waals surface area (Å²) in [6.45, 7) is 3.62. The van der Waals surface area contributed by atoms with Gasteiger partial charge in [-0.05, 0) is 40.0 Å². The zero-order chi connectivity index (χ0) is 11.3. The topological polar surface area (TPSA) is 21.3 Å². The Balaban J connectivity index is 2.47. The zero-order valence-corrected chi connectivity index (χ0v) is 10.5. The molecule has 1 rings (SSSR count). The average molecular weight is 276 g/mol. The number of hydrogen-bond acceptors (Lipinski definition) is 2. The van der Waals surface area contributed by atoms with Gasteiger partial charge in [-0.15, -0.1) is 0 Å². The van der Waals surface area contributed by atoms with Gasteiger partial charge in [-0.2, -0.15) is 0 Å². The molecule has 0 aromatic heterocycles. The van der Waals surface area contributed by atoms with E-state index in [2.05, 4.69) is 28.2 Å². The summed E-state index contributed by atoms with van der Waals surface area (Å²) in [6.07, 6.45) is 0. The van der Waals surface area contributed by atoms with Gasteiger partial charge in [-0.3, -0.25) is 0 Å². The second kappa shape index (κ2) is 6.08. The fourth-order valence-electron chi connectivity index (χ4n) is 1.24. The molecule has 1 unspecified atom stereocenters. The molecule has 0 aliphatic carbocycles. The van der Waals surface area contributed by atoms with Crippen molar-refractivity contribution in [2.75, 3.05) is 25.6 Å². The maximum atomic E-state index is 12.9. The summed E-state index contributed by atoms with van der Waals surface area (Å²) in [5, 5.41) is 3.22. The van der Waals surface area contributed by atoms with Crippen LogP contribution in [0.2, 0.25) is 0 Å². The van der Waals surface area contributed by atoms with Crippen LogP contribution in [0.4, 0.5) is 10.1 Å². The summed E-state index contributed by atoms with van der Waals surface area (Å²) in [5.74, 6) is 0.185. The molecule has 0 heterocycles. The molecule has 1 aromatic carbocycles. The molecule has 15 heavy (non-hydrogen) atoms. The number of anilines is 1. The fourth-order valence-corrected chi connectivity index (χ4v) is 1.62. The summed E-state index contributed by atoms with van der Waals surface area (Å²) in [5.41, 5.74) is 0.909. The van der Waals surface area contributed by atoms with E-state index in [0.717, 1.165) is 18.8 Å². The van der Waals surface area contributed by atoms with Gasteiger partial charge in [0.2, 0.25) is 0 Å². The van der Waals surface area contributed by atoms with Crippen molar-refractivity contribution in [3.05, 3.63) is 28.5 Å². The van der Waals surface area contributed by atoms with Gasteiger partial charge in [0.05, 0.1) is 11.1 Å². The first-order chi connectivity index (χ1) is 7.13. The molecule has 0 saturated carbocycles. The molecule has 4 heteroatoms. The largest absolute Gasteiger partial charge is 0.385 e. The number of ether oxygens (including phenoxy) is 1. The van der Waals surface area contributed by atoms with Crippen LogP contribution in [0.1, 0.15) is 6.92 Å². The number of benzene rings is 1. The standard InChI is InChI=1S/C11H15BrFNO/c1-8(7-15-2)6-14-9-3-4-11(13)10(12)5-9/h3-5,8,14H,6-7H2,1-2H3. The molecule has 2 nitrogen and oxygen atoms in total. The summed E-state index contributed by atoms with van der Waals surface area (Å²) < 4.78 is 18.4. The molecule has 0 radical (unpaired) electrons. The fraction of sp³-hybridized carbons (Fsp3) is 0.455. The quantitative estimate of drug-likeness (QED) is 0.891. The van der Waals surface area contributed by atoms with Crippen molar-refractivity contribution in [3.63, 3.8) is 0 Å². The molecule has 0 bridgehead atoms. The Morgan fingerprint density at radius 3 is 2.87 bits per heavy atom. The molecular weight excluding hydrogens is 261 g/mol. The van der Waals surface area contributed by atoms with Crippen LogP contribution in [0, 0.1) is 11.7 Å². The van der Waals surface area contributed by atoms with E-state index in [1.165, 1.54) is 6.07 Å². The zero-order valence-electron chi connectivity index (χ0n) is 8.89. The lowest BCUT2D eigenvalue weighted by molar-refractivity contribution is 0.164. The van der Waals surface area contributed by atoms with Crippen LogP contribution in [0.15, 0.2) is 22.7 Å². The molecule has 1 aromatic rings. The van der Waals surface area contributed by atoms with Crippen molar-refractivity contribution in [1.82, 2.24) is 0 Å². The molecule has 0 saturated heterocycles. The summed E-state index contributed by atoms with van der Waals surface area (Å²) in [6, 6.07) is 4.89. The average Bonchev–Trinajstić information content (AvgIpc) is 2.20. The number of methoxy groups -OCH3 is 1. The monoisotopic (exact) mass is 275 g/mol. The Morgan fingerprint density at radius 2 is 2.27 bits per heavy atom. The van der Waals surface area contributed by atoms with E-state index in [-0.39, 0.29) is 5.82 Å². The van der Waals surface area contributed by atoms with E-state index < -0.39 is 0 Å². The third kappa shape index (κ3) is 4.18. The molecule has 1 N–H and O–H groups in total. The van der Waals surface area contributed by atoms with E-state index >= 15 is 0 Å². The molecule has 0 spiro atoms. The lowest BCUT2D eigenvalue weighted by Crippen LogP contribution is -2.15. The molecule has 84 valence electrons. The maximum absolute atomic E-state index is 12.9. The van der Waals surface area contributed by atoms with Crippen LogP contribution >= 0.6 is 15.9 Å². The predicted octanol–water partition coefficient (Wildman–Crippen LogP) is 3.28. The lowest BCUT2D eigenvalue weighted by Gasteiger charge is -2.12. The maximum Gasteiger partial charge on any atom is 0.137 e. The van der Waals surface area contributed by atoms with E-state index in [0.29, 0.717) is 10.4 Å². The first-order valence-corrected chi connectivity index (χ1v) is 5.60. The van der Waals surface area contributed by atoms with Gasteiger partial charge in [0.1, 0.15) is 5.82 Å². The van der Waals surface area contributed by atoms with E-state index in [1.807, 2.05) is 0 Å². The van der Waals surface area contributed by atoms with Gasteiger partial charge in [-0.25, -0.2) is 4.39 Å². The van der Waals surface area contributed by atoms with Crippen molar-refractivity contribution in [2.24, 2.45) is 5.92 Å². The van der Waals surface area contributed by atoms with E-state index in [1.54, 1.807) is 19.2 Å². The number of halogens is 2. The minimum absolute atomic E-state index is 0.245. The van der Waals surface area contributed by atoms with Gasteiger partial charge >= 0.3 is 0 Å². The summed E-state index contributed by atoms with van der Waals surface area (Å²) in [4.78, 5) is 0. The summed E-state index contributed by atoms with van der Waals surface area (Å²) in [7, 11) is 1.69. The van der Waals surface area contributed by atoms with Crippen molar-refractivity contribution in [3.8, 4) is 0 Å². The molecule has 0 aliphatic rings. The smallest absolute Gasteiger partial charge is 0.137 e. The number of rotatable bonds is 5. The minimum Gasteiger partial charge on any atom is -0.385 e. The first-order valence-electron chi connectivity index (χ1n) is 4.81. The third-order valence-electron chi connectivity index (χ3n) is 2.03. The van der Waals surface area contributed by atoms with Crippen molar-refractivity contribution in [2.45, 2.75) is 6.92 Å². The van der Waals surface area contributed by atoms with Crippen molar-refractivity contribution < 1.29 is 9.13 Å². The molecule has 0 fully saturated rings. The summed E-state index contributed by atoms with van der Waals surface area (Å²) >= 11 is 3.14. The Labute approximate surface area is 98.0 Å². The van der Waals surface area contributed by atoms with Crippen molar-refractivity contribution >= 4 is 21.6 Å². The highest BCUT2D eigenvalue weighted by Gasteiger charge is 2.03. The van der Waals surface area contributed by atoms with Crippen LogP contribution in [0.3, 0.4) is 0 Å². The van der Waals surface area contributed by atoms with Crippen LogP contribution in [-0.2, 0) is 4.74 Å². The predicted molar refractivity (Wildman–Crippen MR) is 63.6 cm³/mol. The molecule has 0 amide bonds. The highest BCUT2D eigenvalue weighted by atomic mass is 79.9. The lowest BCUT2D eigenvalue weighted by atomic mass is 10.2. The van der Waals surface area contributed by atoms with Gasteiger partial charge in [-0.1, -0.05) is 6.92 Å². The normalized spacial score (nSPS) is 12.5. The second-order valence-electron chi connectivity index (χ2n) is 3.57. The molecule has 0 aliphatic heterocycles. The Hall–Kier alpha value is -0.610. The van der Waals surface area contributed by atoms with Crippen LogP contribution < -0.4 is 5.32 Å². The Kier molecular flexibility index (Phi) is 5.05. The van der Waals surface area contributed by atoms with Crippen LogP contribution in [0.25, 0.3) is 0 Å². The second-order valence-corrected chi connectivity index (χ2v) is 4.42. The van der Waals surface area contributed by atoms with Crippen molar-refractivity contribution in [1.29, 1.82) is 0 Å². The Morgan fingerprint density at radius 1 is 1.53 bits per heavy atom. The van der Waals surface area contributed by atoms with Gasteiger partial charge in [0.25, 0.3) is 0 Å². The van der Waals surface area contributed by atoms with Gasteiger partial charge < -0.3 is 10.1 Å². The SMILES string of the molecule is COCC(C)CNc1ccc(F)c(Br)c1. The van der Waals surface area contributed by atoms with Gasteiger partial charge in [0.15, 0.2) is 0 Å². The highest BCUT2D eigenvalue weighted by Crippen LogP contribution is 2.20. The van der Waals surface area contributed by atoms with Crippen LogP contribution in [-0.4, -0.2) is 20.3 Å². The first kappa shape index (κ1) is 12.5. The molecule has 1 atom stereocenters. The number of nitrogens with one attached hydrogen (secondary N) is 1. The van der Waals surface area contributed by atoms with E-state index in [9.17, 15) is 4.39 Å². The highest BCUT2D eigenvalue weighted by molar-refractivity contribution is 9.10.